The quantitative estimate of drug-likeness (QED) is 0.173. The van der Waals surface area contributed by atoms with Crippen molar-refractivity contribution in [3.63, 3.8) is 0 Å². The number of carbonyl (C=O) groups excluding carboxylic acids is 4. The third-order valence-corrected chi connectivity index (χ3v) is 7.90. The molecule has 0 spiro atoms. The molecule has 2 heterocycles. The van der Waals surface area contributed by atoms with Crippen LogP contribution >= 0.6 is 0 Å². The van der Waals surface area contributed by atoms with Gasteiger partial charge in [-0.3, -0.25) is 10.1 Å². The number of nitrogens with one attached hydrogen (secondary N) is 2. The largest absolute Gasteiger partial charge is 0.514 e. The number of likely N-dealkylation sites (tertiary alicyclic amines) is 1. The summed E-state index contributed by atoms with van der Waals surface area (Å²) in [7, 11) is 0. The van der Waals surface area contributed by atoms with Crippen LogP contribution in [0.15, 0.2) is 42.5 Å². The summed E-state index contributed by atoms with van der Waals surface area (Å²) < 4.78 is 16.0. The van der Waals surface area contributed by atoms with Gasteiger partial charge >= 0.3 is 18.3 Å². The number of ether oxygens (including phenoxy) is 3. The highest BCUT2D eigenvalue weighted by Crippen LogP contribution is 2.31. The minimum Gasteiger partial charge on any atom is -0.444 e. The summed E-state index contributed by atoms with van der Waals surface area (Å²) in [6, 6.07) is 12.4. The fourth-order valence-electron chi connectivity index (χ4n) is 5.54. The van der Waals surface area contributed by atoms with Gasteiger partial charge in [0.2, 0.25) is 0 Å². The number of nitrogens with zero attached hydrogens (tertiary/aromatic N) is 2. The number of rotatable bonds is 8. The second-order valence-electron chi connectivity index (χ2n) is 14.2. The Morgan fingerprint density at radius 3 is 2.06 bits per heavy atom. The first kappa shape index (κ1) is 35.5. The number of carbonyl (C=O) groups is 4. The zero-order valence-electron chi connectivity index (χ0n) is 28.3. The van der Waals surface area contributed by atoms with Gasteiger partial charge in [-0.05, 0) is 103 Å². The molecule has 0 aliphatic carbocycles. The minimum atomic E-state index is -0.987. The van der Waals surface area contributed by atoms with Crippen LogP contribution in [-0.4, -0.2) is 75.5 Å². The molecule has 4 rings (SSSR count). The predicted octanol–water partition coefficient (Wildman–Crippen LogP) is 6.21. The second kappa shape index (κ2) is 14.6. The molecule has 12 heteroatoms. The van der Waals surface area contributed by atoms with Crippen LogP contribution in [0.3, 0.4) is 0 Å². The normalized spacial score (nSPS) is 15.8. The SMILES string of the molecule is CC(C)(C)OC(=O)Nc1ccc(C(=O)N2CCC(O)(CCCCNC(=O)N3Cc4ccccc4C3)CC2)cc1OC(=O)OC(C)(C)C. The van der Waals surface area contributed by atoms with Gasteiger partial charge in [-0.25, -0.2) is 14.4 Å². The number of fused-ring (bicyclic) bond motifs is 1. The smallest absolute Gasteiger partial charge is 0.444 e. The molecule has 2 aliphatic rings. The van der Waals surface area contributed by atoms with E-state index in [1.807, 2.05) is 24.3 Å². The number of aliphatic hydroxyl groups is 1. The predicted molar refractivity (Wildman–Crippen MR) is 176 cm³/mol. The maximum atomic E-state index is 13.5. The maximum Gasteiger partial charge on any atom is 0.514 e. The van der Waals surface area contributed by atoms with Crippen molar-refractivity contribution in [2.75, 3.05) is 25.0 Å². The molecule has 1 fully saturated rings. The van der Waals surface area contributed by atoms with Crippen molar-refractivity contribution in [3.05, 3.63) is 59.2 Å². The highest BCUT2D eigenvalue weighted by molar-refractivity contribution is 5.97. The summed E-state index contributed by atoms with van der Waals surface area (Å²) in [5.41, 5.74) is 0.274. The van der Waals surface area contributed by atoms with Crippen LogP contribution in [0.5, 0.6) is 5.75 Å². The molecule has 4 amide bonds. The van der Waals surface area contributed by atoms with Gasteiger partial charge in [-0.1, -0.05) is 24.3 Å². The van der Waals surface area contributed by atoms with Crippen molar-refractivity contribution in [1.82, 2.24) is 15.1 Å². The molecule has 47 heavy (non-hydrogen) atoms. The van der Waals surface area contributed by atoms with Crippen LogP contribution in [0, 0.1) is 0 Å². The third kappa shape index (κ3) is 10.6. The zero-order chi connectivity index (χ0) is 34.4. The van der Waals surface area contributed by atoms with Crippen molar-refractivity contribution in [3.8, 4) is 5.75 Å². The van der Waals surface area contributed by atoms with Crippen LogP contribution in [0.4, 0.5) is 20.1 Å². The molecular formula is C35H48N4O8. The molecule has 3 N–H and O–H groups in total. The van der Waals surface area contributed by atoms with Gasteiger partial charge in [-0.2, -0.15) is 0 Å². The summed E-state index contributed by atoms with van der Waals surface area (Å²) in [4.78, 5) is 54.4. The second-order valence-corrected chi connectivity index (χ2v) is 14.2. The van der Waals surface area contributed by atoms with Crippen molar-refractivity contribution < 1.29 is 38.5 Å². The summed E-state index contributed by atoms with van der Waals surface area (Å²) >= 11 is 0. The Labute approximate surface area is 276 Å². The van der Waals surface area contributed by atoms with Gasteiger partial charge in [0.25, 0.3) is 5.91 Å². The van der Waals surface area contributed by atoms with Gasteiger partial charge in [0, 0.05) is 38.3 Å². The summed E-state index contributed by atoms with van der Waals surface area (Å²) in [5.74, 6) is -0.359. The number of urea groups is 1. The number of hydrogen-bond acceptors (Lipinski definition) is 8. The summed E-state index contributed by atoms with van der Waals surface area (Å²) in [6.45, 7) is 12.7. The Balaban J connectivity index is 1.27. The van der Waals surface area contributed by atoms with E-state index in [-0.39, 0.29) is 28.9 Å². The first-order chi connectivity index (χ1) is 22.0. The van der Waals surface area contributed by atoms with Gasteiger partial charge in [0.1, 0.15) is 11.2 Å². The lowest BCUT2D eigenvalue weighted by Crippen LogP contribution is -2.46. The van der Waals surface area contributed by atoms with E-state index in [9.17, 15) is 24.3 Å². The van der Waals surface area contributed by atoms with E-state index in [1.165, 1.54) is 29.3 Å². The Morgan fingerprint density at radius 2 is 1.47 bits per heavy atom. The Hall–Kier alpha value is -4.32. The van der Waals surface area contributed by atoms with Crippen LogP contribution < -0.4 is 15.4 Å². The van der Waals surface area contributed by atoms with Crippen LogP contribution in [0.1, 0.15) is 95.1 Å². The highest BCUT2D eigenvalue weighted by atomic mass is 16.7. The molecule has 0 radical (unpaired) electrons. The number of benzene rings is 2. The molecule has 2 aromatic rings. The number of amides is 4. The van der Waals surface area contributed by atoms with Crippen molar-refractivity contribution >= 4 is 29.9 Å². The van der Waals surface area contributed by atoms with E-state index in [0.29, 0.717) is 52.0 Å². The van der Waals surface area contributed by atoms with Gasteiger partial charge in [0.05, 0.1) is 11.3 Å². The highest BCUT2D eigenvalue weighted by Gasteiger charge is 2.34. The molecule has 0 unspecified atom stereocenters. The first-order valence-corrected chi connectivity index (χ1v) is 16.2. The Morgan fingerprint density at radius 1 is 0.851 bits per heavy atom. The van der Waals surface area contributed by atoms with Crippen LogP contribution in [-0.2, 0) is 22.6 Å². The van der Waals surface area contributed by atoms with E-state index in [1.54, 1.807) is 51.3 Å². The van der Waals surface area contributed by atoms with Crippen molar-refractivity contribution in [2.45, 2.75) is 104 Å². The lowest BCUT2D eigenvalue weighted by atomic mass is 9.86. The molecule has 2 aliphatic heterocycles. The standard InChI is InChI=1S/C35H48N4O8/c1-33(2,3)46-31(42)37-27-14-13-24(21-28(27)45-32(43)47-34(4,5)6)29(40)38-19-16-35(44,17-20-38)15-9-10-18-36-30(41)39-22-25-11-7-8-12-26(25)23-39/h7-8,11-14,21,44H,9-10,15-20,22-23H2,1-6H3,(H,36,41)(H,37,42). The number of anilines is 1. The number of piperidine rings is 1. The fraction of sp³-hybridized carbons (Fsp3) is 0.543. The van der Waals surface area contributed by atoms with Gasteiger partial charge in [0.15, 0.2) is 5.75 Å². The van der Waals surface area contributed by atoms with E-state index in [0.717, 1.165) is 12.8 Å². The average Bonchev–Trinajstić information content (AvgIpc) is 3.40. The van der Waals surface area contributed by atoms with E-state index in [4.69, 9.17) is 14.2 Å². The molecule has 1 saturated heterocycles. The number of hydrogen-bond donors (Lipinski definition) is 3. The summed E-state index contributed by atoms with van der Waals surface area (Å²) in [6.07, 6.45) is 1.13. The van der Waals surface area contributed by atoms with Gasteiger partial charge < -0.3 is 34.4 Å². The molecule has 0 bridgehead atoms. The zero-order valence-corrected chi connectivity index (χ0v) is 28.3. The third-order valence-electron chi connectivity index (χ3n) is 7.90. The molecule has 256 valence electrons. The fourth-order valence-corrected chi connectivity index (χ4v) is 5.54. The summed E-state index contributed by atoms with van der Waals surface area (Å²) in [5, 5.41) is 16.8. The molecule has 0 aromatic heterocycles. The lowest BCUT2D eigenvalue weighted by molar-refractivity contribution is -0.0244. The van der Waals surface area contributed by atoms with Crippen LogP contribution in [0.2, 0.25) is 0 Å². The lowest BCUT2D eigenvalue weighted by Gasteiger charge is -2.38. The van der Waals surface area contributed by atoms with Crippen LogP contribution in [0.25, 0.3) is 0 Å². The van der Waals surface area contributed by atoms with Crippen molar-refractivity contribution in [2.24, 2.45) is 0 Å². The average molecular weight is 653 g/mol. The van der Waals surface area contributed by atoms with E-state index in [2.05, 4.69) is 10.6 Å². The van der Waals surface area contributed by atoms with Crippen molar-refractivity contribution in [1.29, 1.82) is 0 Å². The molecule has 0 saturated carbocycles. The van der Waals surface area contributed by atoms with Gasteiger partial charge in [-0.15, -0.1) is 0 Å². The maximum absolute atomic E-state index is 13.5. The van der Waals surface area contributed by atoms with E-state index >= 15 is 0 Å². The molecule has 0 atom stereocenters. The Kier molecular flexibility index (Phi) is 11.1. The molecular weight excluding hydrogens is 604 g/mol. The number of unbranched alkanes of at least 4 members (excludes halogenated alkanes) is 1. The van der Waals surface area contributed by atoms with E-state index < -0.39 is 29.1 Å². The minimum absolute atomic E-state index is 0.0640. The topological polar surface area (TPSA) is 147 Å². The molecule has 2 aromatic carbocycles. The first-order valence-electron chi connectivity index (χ1n) is 16.2. The Bertz CT molecular complexity index is 1430. The molecule has 12 nitrogen and oxygen atoms in total. The monoisotopic (exact) mass is 652 g/mol.